The summed E-state index contributed by atoms with van der Waals surface area (Å²) in [7, 11) is 4.17. The van der Waals surface area contributed by atoms with Gasteiger partial charge in [-0.3, -0.25) is 4.79 Å². The third-order valence-corrected chi connectivity index (χ3v) is 2.96. The number of rotatable bonds is 2. The van der Waals surface area contributed by atoms with E-state index in [1.165, 1.54) is 0 Å². The van der Waals surface area contributed by atoms with E-state index in [0.717, 1.165) is 22.8 Å². The van der Waals surface area contributed by atoms with Crippen LogP contribution in [0.5, 0.6) is 5.75 Å². The number of methoxy groups -OCH3 is 1. The van der Waals surface area contributed by atoms with E-state index in [-0.39, 0.29) is 0 Å². The number of carbonyl (C=O) groups is 1. The molecule has 1 atom stereocenters. The number of aldehydes is 1. The molecule has 15 heavy (non-hydrogen) atoms. The van der Waals surface area contributed by atoms with Gasteiger partial charge in [-0.15, -0.1) is 0 Å². The first-order valence-corrected chi connectivity index (χ1v) is 5.09. The standard InChI is InChI=1S/C11H12NO2P/c1-7-5-10(14-2)9(6-13)8-3-4-12(15)11(7)8/h3-6H,15H2,1-2H3. The van der Waals surface area contributed by atoms with E-state index in [1.54, 1.807) is 7.11 Å². The zero-order valence-corrected chi connectivity index (χ0v) is 9.81. The van der Waals surface area contributed by atoms with Gasteiger partial charge >= 0.3 is 0 Å². The maximum absolute atomic E-state index is 11.0. The van der Waals surface area contributed by atoms with Crippen LogP contribution in [0.3, 0.4) is 0 Å². The molecule has 0 amide bonds. The quantitative estimate of drug-likeness (QED) is 0.576. The van der Waals surface area contributed by atoms with Crippen LogP contribution in [0.4, 0.5) is 0 Å². The van der Waals surface area contributed by atoms with Crippen molar-refractivity contribution >= 4 is 26.6 Å². The van der Waals surface area contributed by atoms with E-state index in [1.807, 2.05) is 29.6 Å². The van der Waals surface area contributed by atoms with Crippen LogP contribution in [0.1, 0.15) is 15.9 Å². The molecule has 0 radical (unpaired) electrons. The molecule has 4 heteroatoms. The average Bonchev–Trinajstić information content (AvgIpc) is 2.61. The Bertz CT molecular complexity index is 531. The number of hydrogen-bond donors (Lipinski definition) is 0. The molecule has 0 saturated carbocycles. The monoisotopic (exact) mass is 221 g/mol. The maximum Gasteiger partial charge on any atom is 0.154 e. The molecule has 0 saturated heterocycles. The Labute approximate surface area is 90.3 Å². The largest absolute Gasteiger partial charge is 0.496 e. The van der Waals surface area contributed by atoms with Crippen LogP contribution in [0, 0.1) is 6.92 Å². The molecular weight excluding hydrogens is 209 g/mol. The van der Waals surface area contributed by atoms with Crippen molar-refractivity contribution < 1.29 is 9.53 Å². The van der Waals surface area contributed by atoms with Crippen LogP contribution < -0.4 is 4.74 Å². The van der Waals surface area contributed by atoms with Crippen LogP contribution in [-0.2, 0) is 0 Å². The topological polar surface area (TPSA) is 31.2 Å². The highest BCUT2D eigenvalue weighted by molar-refractivity contribution is 7.14. The summed E-state index contributed by atoms with van der Waals surface area (Å²) < 4.78 is 7.11. The van der Waals surface area contributed by atoms with Crippen LogP contribution >= 0.6 is 9.39 Å². The van der Waals surface area contributed by atoms with Crippen LogP contribution in [0.2, 0.25) is 0 Å². The second kappa shape index (κ2) is 3.67. The number of aromatic nitrogens is 1. The van der Waals surface area contributed by atoms with E-state index in [2.05, 4.69) is 9.39 Å². The molecule has 3 nitrogen and oxygen atoms in total. The normalized spacial score (nSPS) is 10.6. The first kappa shape index (κ1) is 10.2. The van der Waals surface area contributed by atoms with Gasteiger partial charge in [0.15, 0.2) is 6.29 Å². The molecule has 78 valence electrons. The molecule has 0 aliphatic rings. The summed E-state index contributed by atoms with van der Waals surface area (Å²) in [4.78, 5) is 11.0. The van der Waals surface area contributed by atoms with Crippen molar-refractivity contribution in [2.24, 2.45) is 0 Å². The van der Waals surface area contributed by atoms with Crippen molar-refractivity contribution in [2.45, 2.75) is 6.92 Å². The third-order valence-electron chi connectivity index (χ3n) is 2.53. The van der Waals surface area contributed by atoms with Gasteiger partial charge in [0, 0.05) is 11.6 Å². The number of hydrogen-bond acceptors (Lipinski definition) is 2. The predicted molar refractivity (Wildman–Crippen MR) is 63.7 cm³/mol. The fraction of sp³-hybridized carbons (Fsp3) is 0.182. The lowest BCUT2D eigenvalue weighted by atomic mass is 10.1. The lowest BCUT2D eigenvalue weighted by Crippen LogP contribution is -1.93. The highest BCUT2D eigenvalue weighted by Gasteiger charge is 2.12. The molecule has 0 fully saturated rings. The van der Waals surface area contributed by atoms with Gasteiger partial charge in [-0.2, -0.15) is 0 Å². The number of benzene rings is 1. The lowest BCUT2D eigenvalue weighted by Gasteiger charge is -2.08. The van der Waals surface area contributed by atoms with E-state index < -0.39 is 0 Å². The van der Waals surface area contributed by atoms with E-state index in [9.17, 15) is 4.79 Å². The minimum Gasteiger partial charge on any atom is -0.496 e. The molecule has 1 aromatic heterocycles. The molecule has 0 bridgehead atoms. The number of fused-ring (bicyclic) bond motifs is 1. The molecule has 0 N–H and O–H groups in total. The van der Waals surface area contributed by atoms with Crippen molar-refractivity contribution in [3.63, 3.8) is 0 Å². The first-order valence-electron chi connectivity index (χ1n) is 4.58. The summed E-state index contributed by atoms with van der Waals surface area (Å²) in [5, 5.41) is 0.928. The summed E-state index contributed by atoms with van der Waals surface area (Å²) in [6.07, 6.45) is 2.75. The minimum absolute atomic E-state index is 0.610. The van der Waals surface area contributed by atoms with Crippen LogP contribution in [-0.4, -0.2) is 17.7 Å². The second-order valence-corrected chi connectivity index (χ2v) is 3.97. The predicted octanol–water partition coefficient (Wildman–Crippen LogP) is 2.41. The Kier molecular flexibility index (Phi) is 2.49. The van der Waals surface area contributed by atoms with Crippen LogP contribution in [0.25, 0.3) is 10.9 Å². The van der Waals surface area contributed by atoms with Crippen molar-refractivity contribution in [2.75, 3.05) is 7.11 Å². The van der Waals surface area contributed by atoms with Gasteiger partial charge in [-0.1, -0.05) is 0 Å². The number of aryl methyl sites for hydroxylation is 1. The smallest absolute Gasteiger partial charge is 0.154 e. The van der Waals surface area contributed by atoms with Gasteiger partial charge in [0.1, 0.15) is 5.75 Å². The van der Waals surface area contributed by atoms with Gasteiger partial charge in [-0.25, -0.2) is 0 Å². The fourth-order valence-corrected chi connectivity index (χ4v) is 2.28. The second-order valence-electron chi connectivity index (χ2n) is 3.41. The first-order chi connectivity index (χ1) is 7.19. The highest BCUT2D eigenvalue weighted by atomic mass is 31.0. The number of ether oxygens (including phenoxy) is 1. The Morgan fingerprint density at radius 3 is 2.87 bits per heavy atom. The third kappa shape index (κ3) is 1.44. The minimum atomic E-state index is 0.610. The molecule has 1 unspecified atom stereocenters. The molecule has 0 spiro atoms. The number of nitrogens with zero attached hydrogens (tertiary/aromatic N) is 1. The molecule has 2 rings (SSSR count). The maximum atomic E-state index is 11.0. The average molecular weight is 221 g/mol. The molecule has 0 aliphatic carbocycles. The summed E-state index contributed by atoms with van der Waals surface area (Å²) in [5.41, 5.74) is 2.75. The summed E-state index contributed by atoms with van der Waals surface area (Å²) in [6.45, 7) is 2.00. The summed E-state index contributed by atoms with van der Waals surface area (Å²) in [6, 6.07) is 3.80. The lowest BCUT2D eigenvalue weighted by molar-refractivity contribution is 0.112. The van der Waals surface area contributed by atoms with E-state index >= 15 is 0 Å². The summed E-state index contributed by atoms with van der Waals surface area (Å²) >= 11 is 0. The fourth-order valence-electron chi connectivity index (χ4n) is 1.85. The van der Waals surface area contributed by atoms with Gasteiger partial charge in [0.05, 0.1) is 18.2 Å². The van der Waals surface area contributed by atoms with Gasteiger partial charge in [0.2, 0.25) is 0 Å². The highest BCUT2D eigenvalue weighted by Crippen LogP contribution is 2.31. The van der Waals surface area contributed by atoms with Crippen molar-refractivity contribution in [3.8, 4) is 5.75 Å². The molecule has 2 aromatic rings. The Hall–Kier alpha value is -1.34. The van der Waals surface area contributed by atoms with Crippen LogP contribution in [0.15, 0.2) is 18.3 Å². The Morgan fingerprint density at radius 1 is 1.53 bits per heavy atom. The van der Waals surface area contributed by atoms with Crippen molar-refractivity contribution in [1.82, 2.24) is 4.34 Å². The zero-order valence-electron chi connectivity index (χ0n) is 8.65. The number of carbonyl (C=O) groups excluding carboxylic acids is 1. The molecular formula is C11H12NO2P. The zero-order chi connectivity index (χ0) is 11.0. The SMILES string of the molecule is COc1cc(C)c2c(ccn2P)c1C=O. The van der Waals surface area contributed by atoms with E-state index in [0.29, 0.717) is 11.3 Å². The molecule has 1 heterocycles. The molecule has 0 aliphatic heterocycles. The van der Waals surface area contributed by atoms with Gasteiger partial charge in [-0.05, 0) is 34.0 Å². The molecule has 1 aromatic carbocycles. The van der Waals surface area contributed by atoms with E-state index in [4.69, 9.17) is 4.74 Å². The van der Waals surface area contributed by atoms with Gasteiger partial charge < -0.3 is 9.07 Å². The Balaban J connectivity index is 2.92. The summed E-state index contributed by atoms with van der Waals surface area (Å²) in [5.74, 6) is 0.631. The van der Waals surface area contributed by atoms with Crippen molar-refractivity contribution in [3.05, 3.63) is 29.5 Å². The Morgan fingerprint density at radius 2 is 2.27 bits per heavy atom. The van der Waals surface area contributed by atoms with Gasteiger partial charge in [0.25, 0.3) is 0 Å². The van der Waals surface area contributed by atoms with Crippen molar-refractivity contribution in [1.29, 1.82) is 0 Å².